The molecule has 0 amide bonds. The maximum atomic E-state index is 5.09. The van der Waals surface area contributed by atoms with Crippen molar-refractivity contribution in [1.82, 2.24) is 15.5 Å². The van der Waals surface area contributed by atoms with Gasteiger partial charge in [0.2, 0.25) is 0 Å². The zero-order chi connectivity index (χ0) is 14.7. The average molecular weight is 418 g/mol. The number of nitrogens with one attached hydrogen (secondary N) is 2. The Bertz CT molecular complexity index is 473. The van der Waals surface area contributed by atoms with E-state index in [4.69, 9.17) is 4.42 Å². The highest BCUT2D eigenvalue weighted by atomic mass is 127. The molecule has 5 nitrogen and oxygen atoms in total. The van der Waals surface area contributed by atoms with Gasteiger partial charge >= 0.3 is 0 Å². The highest BCUT2D eigenvalue weighted by Crippen LogP contribution is 2.31. The summed E-state index contributed by atoms with van der Waals surface area (Å²) in [7, 11) is 0. The first kappa shape index (κ1) is 17.6. The van der Waals surface area contributed by atoms with Gasteiger partial charge in [0.25, 0.3) is 0 Å². The maximum absolute atomic E-state index is 5.09. The molecule has 2 fully saturated rings. The predicted octanol–water partition coefficient (Wildman–Crippen LogP) is 2.44. The Morgan fingerprint density at radius 3 is 2.86 bits per heavy atom. The van der Waals surface area contributed by atoms with Crippen LogP contribution in [-0.2, 0) is 6.54 Å². The Hall–Kier alpha value is -0.760. The van der Waals surface area contributed by atoms with E-state index in [-0.39, 0.29) is 24.0 Å². The van der Waals surface area contributed by atoms with Crippen LogP contribution in [0, 0.1) is 5.92 Å². The van der Waals surface area contributed by atoms with Gasteiger partial charge in [-0.2, -0.15) is 0 Å². The van der Waals surface area contributed by atoms with Crippen molar-refractivity contribution in [3.63, 3.8) is 0 Å². The summed E-state index contributed by atoms with van der Waals surface area (Å²) in [6, 6.07) is 3.30. The van der Waals surface area contributed by atoms with Gasteiger partial charge in [-0.3, -0.25) is 4.90 Å². The number of furan rings is 1. The number of nitrogens with zero attached hydrogens (tertiary/aromatic N) is 2. The van der Waals surface area contributed by atoms with E-state index in [0.29, 0.717) is 18.5 Å². The zero-order valence-corrected chi connectivity index (χ0v) is 15.7. The molecule has 1 aliphatic heterocycles. The quantitative estimate of drug-likeness (QED) is 0.438. The van der Waals surface area contributed by atoms with Gasteiger partial charge in [0.15, 0.2) is 5.96 Å². The number of guanidine groups is 1. The van der Waals surface area contributed by atoms with E-state index in [1.54, 1.807) is 12.5 Å². The molecule has 0 aromatic carbocycles. The molecule has 2 atom stereocenters. The topological polar surface area (TPSA) is 52.8 Å². The Morgan fingerprint density at radius 2 is 2.23 bits per heavy atom. The fourth-order valence-electron chi connectivity index (χ4n) is 2.98. The lowest BCUT2D eigenvalue weighted by atomic mass is 10.1. The fraction of sp³-hybridized carbons (Fsp3) is 0.688. The van der Waals surface area contributed by atoms with E-state index >= 15 is 0 Å². The molecule has 2 N–H and O–H groups in total. The summed E-state index contributed by atoms with van der Waals surface area (Å²) >= 11 is 0. The van der Waals surface area contributed by atoms with E-state index in [2.05, 4.69) is 34.4 Å². The second kappa shape index (κ2) is 8.19. The molecular formula is C16H27IN4O. The van der Waals surface area contributed by atoms with Crippen LogP contribution in [0.25, 0.3) is 0 Å². The number of hydrogen-bond acceptors (Lipinski definition) is 3. The first-order valence-corrected chi connectivity index (χ1v) is 8.06. The van der Waals surface area contributed by atoms with E-state index in [0.717, 1.165) is 30.7 Å². The summed E-state index contributed by atoms with van der Waals surface area (Å²) in [5.41, 5.74) is 1.10. The summed E-state index contributed by atoms with van der Waals surface area (Å²) in [5, 5.41) is 6.95. The fourth-order valence-corrected chi connectivity index (χ4v) is 2.98. The molecule has 124 valence electrons. The lowest BCUT2D eigenvalue weighted by molar-refractivity contribution is 0.315. The van der Waals surface area contributed by atoms with Gasteiger partial charge < -0.3 is 15.1 Å². The second-order valence-electron chi connectivity index (χ2n) is 6.24. The van der Waals surface area contributed by atoms with Gasteiger partial charge in [-0.25, -0.2) is 4.99 Å². The standard InChI is InChI=1S/C16H26N4O.HI/c1-3-17-16(18-8-13-6-7-21-11-13)19-15-10-20(9-12(15)2)14-4-5-14;/h6-7,11-12,14-15H,3-5,8-10H2,1-2H3,(H2,17,18,19);1H. The van der Waals surface area contributed by atoms with Gasteiger partial charge in [-0.05, 0) is 31.7 Å². The van der Waals surface area contributed by atoms with Crippen molar-refractivity contribution in [3.05, 3.63) is 24.2 Å². The minimum Gasteiger partial charge on any atom is -0.472 e. The van der Waals surface area contributed by atoms with Crippen molar-refractivity contribution in [3.8, 4) is 0 Å². The molecule has 1 aromatic rings. The Labute approximate surface area is 149 Å². The summed E-state index contributed by atoms with van der Waals surface area (Å²) < 4.78 is 5.09. The largest absolute Gasteiger partial charge is 0.472 e. The first-order chi connectivity index (χ1) is 10.3. The summed E-state index contributed by atoms with van der Waals surface area (Å²) in [6.07, 6.45) is 6.21. The van der Waals surface area contributed by atoms with E-state index in [9.17, 15) is 0 Å². The van der Waals surface area contributed by atoms with Crippen LogP contribution in [0.15, 0.2) is 28.0 Å². The van der Waals surface area contributed by atoms with E-state index in [1.165, 1.54) is 19.4 Å². The van der Waals surface area contributed by atoms with Gasteiger partial charge in [-0.15, -0.1) is 24.0 Å². The maximum Gasteiger partial charge on any atom is 0.191 e. The van der Waals surface area contributed by atoms with Gasteiger partial charge in [0.05, 0.1) is 19.1 Å². The van der Waals surface area contributed by atoms with Crippen molar-refractivity contribution in [2.24, 2.45) is 10.9 Å². The molecular weight excluding hydrogens is 391 g/mol. The molecule has 2 aliphatic rings. The Kier molecular flexibility index (Phi) is 6.55. The molecule has 22 heavy (non-hydrogen) atoms. The van der Waals surface area contributed by atoms with Crippen molar-refractivity contribution >= 4 is 29.9 Å². The molecule has 1 aromatic heterocycles. The number of aliphatic imine (C=N–C) groups is 1. The monoisotopic (exact) mass is 418 g/mol. The Balaban J connectivity index is 0.00000176. The van der Waals surface area contributed by atoms with Crippen LogP contribution in [-0.4, -0.2) is 42.6 Å². The number of rotatable bonds is 5. The molecule has 0 bridgehead atoms. The molecule has 1 saturated heterocycles. The summed E-state index contributed by atoms with van der Waals surface area (Å²) in [4.78, 5) is 7.28. The molecule has 6 heteroatoms. The van der Waals surface area contributed by atoms with Crippen molar-refractivity contribution in [2.45, 2.75) is 45.3 Å². The van der Waals surface area contributed by atoms with Gasteiger partial charge in [0.1, 0.15) is 0 Å². The van der Waals surface area contributed by atoms with Gasteiger partial charge in [0, 0.05) is 37.3 Å². The van der Waals surface area contributed by atoms with Gasteiger partial charge in [-0.1, -0.05) is 6.92 Å². The zero-order valence-electron chi connectivity index (χ0n) is 13.4. The summed E-state index contributed by atoms with van der Waals surface area (Å²) in [5.74, 6) is 1.58. The number of likely N-dealkylation sites (tertiary alicyclic amines) is 1. The van der Waals surface area contributed by atoms with Crippen molar-refractivity contribution < 1.29 is 4.42 Å². The van der Waals surface area contributed by atoms with Crippen LogP contribution in [0.3, 0.4) is 0 Å². The molecule has 1 aliphatic carbocycles. The third-order valence-corrected chi connectivity index (χ3v) is 4.37. The van der Waals surface area contributed by atoms with Crippen LogP contribution < -0.4 is 10.6 Å². The molecule has 0 radical (unpaired) electrons. The normalized spacial score (nSPS) is 25.8. The Morgan fingerprint density at radius 1 is 1.41 bits per heavy atom. The SMILES string of the molecule is CCNC(=NCc1ccoc1)NC1CN(C2CC2)CC1C.I. The lowest BCUT2D eigenvalue weighted by Gasteiger charge is -2.20. The first-order valence-electron chi connectivity index (χ1n) is 8.06. The molecule has 3 rings (SSSR count). The highest BCUT2D eigenvalue weighted by Gasteiger charge is 2.38. The highest BCUT2D eigenvalue weighted by molar-refractivity contribution is 14.0. The average Bonchev–Trinajstić information content (AvgIpc) is 3.07. The lowest BCUT2D eigenvalue weighted by Crippen LogP contribution is -2.46. The van der Waals surface area contributed by atoms with E-state index < -0.39 is 0 Å². The minimum atomic E-state index is 0. The van der Waals surface area contributed by atoms with Crippen LogP contribution >= 0.6 is 24.0 Å². The molecule has 2 heterocycles. The number of halogens is 1. The summed E-state index contributed by atoms with van der Waals surface area (Å²) in [6.45, 7) is 8.32. The van der Waals surface area contributed by atoms with Crippen LogP contribution in [0.2, 0.25) is 0 Å². The van der Waals surface area contributed by atoms with Crippen molar-refractivity contribution in [1.29, 1.82) is 0 Å². The third kappa shape index (κ3) is 4.62. The molecule has 1 saturated carbocycles. The molecule has 2 unspecified atom stereocenters. The smallest absolute Gasteiger partial charge is 0.191 e. The van der Waals surface area contributed by atoms with Crippen LogP contribution in [0.1, 0.15) is 32.3 Å². The second-order valence-corrected chi connectivity index (χ2v) is 6.24. The van der Waals surface area contributed by atoms with Crippen molar-refractivity contribution in [2.75, 3.05) is 19.6 Å². The predicted molar refractivity (Wildman–Crippen MR) is 99.6 cm³/mol. The number of hydrogen-bond donors (Lipinski definition) is 2. The van der Waals surface area contributed by atoms with Crippen LogP contribution in [0.5, 0.6) is 0 Å². The minimum absolute atomic E-state index is 0. The molecule has 0 spiro atoms. The third-order valence-electron chi connectivity index (χ3n) is 4.37. The van der Waals surface area contributed by atoms with E-state index in [1.807, 2.05) is 6.07 Å². The van der Waals surface area contributed by atoms with Crippen LogP contribution in [0.4, 0.5) is 0 Å².